The Bertz CT molecular complexity index is 307. The molecule has 0 atom stereocenters. The van der Waals surface area contributed by atoms with E-state index < -0.39 is 6.29 Å². The molecule has 0 radical (unpaired) electrons. The number of carbonyl (C=O) groups is 1. The molecule has 0 unspecified atom stereocenters. The fraction of sp³-hybridized carbons (Fsp3) is 0.333. The van der Waals surface area contributed by atoms with Crippen LogP contribution in [0.1, 0.15) is 22.2 Å². The third-order valence-electron chi connectivity index (χ3n) is 1.89. The van der Waals surface area contributed by atoms with Crippen LogP contribution in [0.3, 0.4) is 0 Å². The zero-order chi connectivity index (χ0) is 9.10. The fourth-order valence-corrected chi connectivity index (χ4v) is 1.27. The SMILES string of the molecule is O=Cc1cnccc1C1OCCO1. The number of hydrogen-bond acceptors (Lipinski definition) is 4. The molecule has 1 fully saturated rings. The van der Waals surface area contributed by atoms with E-state index in [1.54, 1.807) is 12.3 Å². The van der Waals surface area contributed by atoms with Crippen molar-refractivity contribution in [3.63, 3.8) is 0 Å². The van der Waals surface area contributed by atoms with Crippen LogP contribution >= 0.6 is 0 Å². The highest BCUT2D eigenvalue weighted by molar-refractivity contribution is 5.76. The highest BCUT2D eigenvalue weighted by Gasteiger charge is 2.20. The molecule has 2 rings (SSSR count). The number of aromatic nitrogens is 1. The predicted octanol–water partition coefficient (Wildman–Crippen LogP) is 0.940. The first-order valence-corrected chi connectivity index (χ1v) is 4.04. The molecule has 4 nitrogen and oxygen atoms in total. The maximum atomic E-state index is 10.6. The molecule has 0 aliphatic carbocycles. The molecule has 1 saturated heterocycles. The zero-order valence-electron chi connectivity index (χ0n) is 6.97. The lowest BCUT2D eigenvalue weighted by atomic mass is 10.1. The van der Waals surface area contributed by atoms with Gasteiger partial charge in [0.1, 0.15) is 0 Å². The molecule has 1 aromatic heterocycles. The minimum Gasteiger partial charge on any atom is -0.346 e. The van der Waals surface area contributed by atoms with Crippen LogP contribution in [0, 0.1) is 0 Å². The van der Waals surface area contributed by atoms with Crippen molar-refractivity contribution in [3.05, 3.63) is 29.6 Å². The van der Waals surface area contributed by atoms with Gasteiger partial charge < -0.3 is 9.47 Å². The lowest BCUT2D eigenvalue weighted by Crippen LogP contribution is -2.02. The van der Waals surface area contributed by atoms with Gasteiger partial charge in [-0.15, -0.1) is 0 Å². The van der Waals surface area contributed by atoms with Crippen LogP contribution in [-0.4, -0.2) is 24.5 Å². The molecule has 0 amide bonds. The average Bonchev–Trinajstić information content (AvgIpc) is 2.70. The van der Waals surface area contributed by atoms with Gasteiger partial charge in [0.05, 0.1) is 13.2 Å². The Labute approximate surface area is 75.5 Å². The minimum atomic E-state index is -0.400. The number of carbonyl (C=O) groups excluding carboxylic acids is 1. The summed E-state index contributed by atoms with van der Waals surface area (Å²) >= 11 is 0. The standard InChI is InChI=1S/C9H9NO3/c11-6-7-5-10-2-1-8(7)9-12-3-4-13-9/h1-2,5-6,9H,3-4H2. The van der Waals surface area contributed by atoms with Crippen LogP contribution in [0.4, 0.5) is 0 Å². The van der Waals surface area contributed by atoms with Gasteiger partial charge in [0.2, 0.25) is 0 Å². The summed E-state index contributed by atoms with van der Waals surface area (Å²) in [6, 6.07) is 1.74. The molecule has 4 heteroatoms. The van der Waals surface area contributed by atoms with Gasteiger partial charge in [-0.25, -0.2) is 0 Å². The second-order valence-electron chi connectivity index (χ2n) is 2.70. The van der Waals surface area contributed by atoms with Crippen molar-refractivity contribution in [2.24, 2.45) is 0 Å². The molecule has 68 valence electrons. The molecular weight excluding hydrogens is 170 g/mol. The Kier molecular flexibility index (Phi) is 2.33. The van der Waals surface area contributed by atoms with E-state index in [0.717, 1.165) is 11.8 Å². The van der Waals surface area contributed by atoms with Gasteiger partial charge in [-0.1, -0.05) is 0 Å². The summed E-state index contributed by atoms with van der Waals surface area (Å²) in [7, 11) is 0. The van der Waals surface area contributed by atoms with Gasteiger partial charge in [-0.2, -0.15) is 0 Å². The van der Waals surface area contributed by atoms with Crippen LogP contribution in [0.5, 0.6) is 0 Å². The quantitative estimate of drug-likeness (QED) is 0.634. The first-order valence-electron chi connectivity index (χ1n) is 4.04. The molecule has 0 bridgehead atoms. The Morgan fingerprint density at radius 3 is 2.92 bits per heavy atom. The predicted molar refractivity (Wildman–Crippen MR) is 44.3 cm³/mol. The largest absolute Gasteiger partial charge is 0.346 e. The van der Waals surface area contributed by atoms with E-state index in [-0.39, 0.29) is 0 Å². The van der Waals surface area contributed by atoms with Crippen LogP contribution in [0.2, 0.25) is 0 Å². The van der Waals surface area contributed by atoms with Crippen molar-refractivity contribution in [2.75, 3.05) is 13.2 Å². The van der Waals surface area contributed by atoms with Gasteiger partial charge in [0, 0.05) is 23.5 Å². The Hall–Kier alpha value is -1.26. The second kappa shape index (κ2) is 3.64. The molecule has 0 saturated carbocycles. The van der Waals surface area contributed by atoms with Gasteiger partial charge in [-0.3, -0.25) is 9.78 Å². The van der Waals surface area contributed by atoms with Gasteiger partial charge >= 0.3 is 0 Å². The number of nitrogens with zero attached hydrogens (tertiary/aromatic N) is 1. The van der Waals surface area contributed by atoms with Crippen molar-refractivity contribution < 1.29 is 14.3 Å². The number of ether oxygens (including phenoxy) is 2. The number of rotatable bonds is 2. The highest BCUT2D eigenvalue weighted by atomic mass is 16.7. The third-order valence-corrected chi connectivity index (χ3v) is 1.89. The number of aldehydes is 1. The summed E-state index contributed by atoms with van der Waals surface area (Å²) in [6.07, 6.45) is 3.48. The number of hydrogen-bond donors (Lipinski definition) is 0. The summed E-state index contributed by atoms with van der Waals surface area (Å²) in [6.45, 7) is 1.15. The molecule has 1 aliphatic rings. The van der Waals surface area contributed by atoms with E-state index in [1.807, 2.05) is 0 Å². The molecule has 0 N–H and O–H groups in total. The monoisotopic (exact) mass is 179 g/mol. The maximum Gasteiger partial charge on any atom is 0.184 e. The van der Waals surface area contributed by atoms with Crippen molar-refractivity contribution >= 4 is 6.29 Å². The van der Waals surface area contributed by atoms with Gasteiger partial charge in [0.25, 0.3) is 0 Å². The lowest BCUT2D eigenvalue weighted by Gasteiger charge is -2.10. The van der Waals surface area contributed by atoms with Crippen molar-refractivity contribution in [2.45, 2.75) is 6.29 Å². The molecule has 13 heavy (non-hydrogen) atoms. The van der Waals surface area contributed by atoms with Crippen LogP contribution in [0.25, 0.3) is 0 Å². The molecule has 0 aromatic carbocycles. The van der Waals surface area contributed by atoms with E-state index >= 15 is 0 Å². The fourth-order valence-electron chi connectivity index (χ4n) is 1.27. The first kappa shape index (κ1) is 8.34. The van der Waals surface area contributed by atoms with Crippen LogP contribution in [0.15, 0.2) is 18.5 Å². The van der Waals surface area contributed by atoms with E-state index in [2.05, 4.69) is 4.98 Å². The summed E-state index contributed by atoms with van der Waals surface area (Å²) < 4.78 is 10.5. The smallest absolute Gasteiger partial charge is 0.184 e. The maximum absolute atomic E-state index is 10.6. The van der Waals surface area contributed by atoms with E-state index in [1.165, 1.54) is 6.20 Å². The summed E-state index contributed by atoms with van der Waals surface area (Å²) in [5, 5.41) is 0. The van der Waals surface area contributed by atoms with Crippen molar-refractivity contribution in [1.82, 2.24) is 4.98 Å². The average molecular weight is 179 g/mol. The van der Waals surface area contributed by atoms with Gasteiger partial charge in [-0.05, 0) is 6.07 Å². The Morgan fingerprint density at radius 2 is 2.23 bits per heavy atom. The Balaban J connectivity index is 2.31. The Morgan fingerprint density at radius 1 is 1.46 bits per heavy atom. The lowest BCUT2D eigenvalue weighted by molar-refractivity contribution is -0.0444. The van der Waals surface area contributed by atoms with Crippen molar-refractivity contribution in [3.8, 4) is 0 Å². The second-order valence-corrected chi connectivity index (χ2v) is 2.70. The first-order chi connectivity index (χ1) is 6.42. The minimum absolute atomic E-state index is 0.400. The molecule has 1 aliphatic heterocycles. The zero-order valence-corrected chi connectivity index (χ0v) is 6.97. The molecule has 1 aromatic rings. The van der Waals surface area contributed by atoms with E-state index in [4.69, 9.17) is 9.47 Å². The van der Waals surface area contributed by atoms with Crippen LogP contribution < -0.4 is 0 Å². The van der Waals surface area contributed by atoms with Crippen molar-refractivity contribution in [1.29, 1.82) is 0 Å². The van der Waals surface area contributed by atoms with E-state index in [0.29, 0.717) is 18.8 Å². The van der Waals surface area contributed by atoms with Gasteiger partial charge in [0.15, 0.2) is 12.6 Å². The summed E-state index contributed by atoms with van der Waals surface area (Å²) in [4.78, 5) is 14.5. The summed E-state index contributed by atoms with van der Waals surface area (Å²) in [5.74, 6) is 0. The summed E-state index contributed by atoms with van der Waals surface area (Å²) in [5.41, 5.74) is 1.27. The molecule has 2 heterocycles. The highest BCUT2D eigenvalue weighted by Crippen LogP contribution is 2.24. The van der Waals surface area contributed by atoms with E-state index in [9.17, 15) is 4.79 Å². The molecule has 0 spiro atoms. The van der Waals surface area contributed by atoms with Crippen LogP contribution in [-0.2, 0) is 9.47 Å². The normalized spacial score (nSPS) is 17.5. The topological polar surface area (TPSA) is 48.4 Å². The number of pyridine rings is 1. The third kappa shape index (κ3) is 1.59. The molecular formula is C9H9NO3.